The number of nitrogens with one attached hydrogen (secondary N) is 2. The zero-order valence-corrected chi connectivity index (χ0v) is 13.4. The summed E-state index contributed by atoms with van der Waals surface area (Å²) in [7, 11) is 0. The predicted octanol–water partition coefficient (Wildman–Crippen LogP) is 2.51. The minimum absolute atomic E-state index is 0. The minimum atomic E-state index is -0.925. The van der Waals surface area contributed by atoms with Gasteiger partial charge in [-0.1, -0.05) is 19.4 Å². The summed E-state index contributed by atoms with van der Waals surface area (Å²) in [6.45, 7) is 5.88. The van der Waals surface area contributed by atoms with Crippen LogP contribution in [-0.2, 0) is 9.59 Å². The highest BCUT2D eigenvalue weighted by Crippen LogP contribution is 2.13. The van der Waals surface area contributed by atoms with E-state index in [0.717, 1.165) is 23.2 Å². The number of benzene rings is 1. The van der Waals surface area contributed by atoms with Gasteiger partial charge in [-0.25, -0.2) is 0 Å². The Bertz CT molecular complexity index is 492. The molecule has 1 unspecified atom stereocenters. The van der Waals surface area contributed by atoms with Crippen LogP contribution in [-0.4, -0.2) is 29.6 Å². The largest absolute Gasteiger partial charge is 0.480 e. The third-order valence-electron chi connectivity index (χ3n) is 3.18. The Morgan fingerprint density at radius 1 is 1.24 bits per heavy atom. The highest BCUT2D eigenvalue weighted by atomic mass is 35.5. The van der Waals surface area contributed by atoms with E-state index in [4.69, 9.17) is 5.11 Å². The molecule has 1 aromatic carbocycles. The van der Waals surface area contributed by atoms with Crippen molar-refractivity contribution in [1.82, 2.24) is 5.32 Å². The average molecular weight is 315 g/mol. The number of aryl methyl sites for hydroxylation is 2. The zero-order valence-electron chi connectivity index (χ0n) is 12.6. The molecule has 0 fully saturated rings. The number of carbonyl (C=O) groups is 2. The zero-order chi connectivity index (χ0) is 15.1. The van der Waals surface area contributed by atoms with Crippen LogP contribution in [0.5, 0.6) is 0 Å². The molecule has 3 N–H and O–H groups in total. The molecule has 21 heavy (non-hydrogen) atoms. The van der Waals surface area contributed by atoms with Gasteiger partial charge in [-0.3, -0.25) is 14.9 Å². The van der Waals surface area contributed by atoms with Crippen molar-refractivity contribution in [3.63, 3.8) is 0 Å². The van der Waals surface area contributed by atoms with Crippen LogP contribution in [0.1, 0.15) is 30.9 Å². The summed E-state index contributed by atoms with van der Waals surface area (Å²) in [6.07, 6.45) is 1.26. The van der Waals surface area contributed by atoms with Crippen LogP contribution < -0.4 is 10.6 Å². The molecule has 118 valence electrons. The van der Waals surface area contributed by atoms with Gasteiger partial charge in [0, 0.05) is 5.69 Å². The van der Waals surface area contributed by atoms with E-state index in [1.54, 1.807) is 0 Å². The van der Waals surface area contributed by atoms with Crippen molar-refractivity contribution >= 4 is 30.0 Å². The maximum Gasteiger partial charge on any atom is 0.320 e. The van der Waals surface area contributed by atoms with Crippen molar-refractivity contribution in [2.75, 3.05) is 11.9 Å². The van der Waals surface area contributed by atoms with Gasteiger partial charge in [-0.15, -0.1) is 12.4 Å². The Morgan fingerprint density at radius 3 is 2.43 bits per heavy atom. The van der Waals surface area contributed by atoms with Gasteiger partial charge >= 0.3 is 5.97 Å². The number of halogens is 1. The number of hydrogen-bond donors (Lipinski definition) is 3. The maximum atomic E-state index is 11.8. The Hall–Kier alpha value is -1.59. The number of aliphatic carboxylic acids is 1. The van der Waals surface area contributed by atoms with Crippen molar-refractivity contribution in [2.24, 2.45) is 0 Å². The van der Waals surface area contributed by atoms with E-state index in [2.05, 4.69) is 10.6 Å². The third-order valence-corrected chi connectivity index (χ3v) is 3.18. The van der Waals surface area contributed by atoms with Crippen LogP contribution in [0.2, 0.25) is 0 Å². The van der Waals surface area contributed by atoms with Gasteiger partial charge in [0.2, 0.25) is 5.91 Å². The van der Waals surface area contributed by atoms with Gasteiger partial charge < -0.3 is 10.4 Å². The summed E-state index contributed by atoms with van der Waals surface area (Å²) in [5, 5.41) is 14.5. The summed E-state index contributed by atoms with van der Waals surface area (Å²) in [4.78, 5) is 22.7. The molecule has 0 aliphatic heterocycles. The number of hydrogen-bond acceptors (Lipinski definition) is 3. The smallest absolute Gasteiger partial charge is 0.320 e. The first-order valence-corrected chi connectivity index (χ1v) is 6.77. The van der Waals surface area contributed by atoms with Crippen LogP contribution in [0.15, 0.2) is 18.2 Å². The van der Waals surface area contributed by atoms with E-state index >= 15 is 0 Å². The molecule has 0 aliphatic carbocycles. The summed E-state index contributed by atoms with van der Waals surface area (Å²) in [6, 6.07) is 5.00. The second-order valence-corrected chi connectivity index (χ2v) is 4.91. The Balaban J connectivity index is 0.00000400. The topological polar surface area (TPSA) is 78.4 Å². The van der Waals surface area contributed by atoms with Crippen molar-refractivity contribution < 1.29 is 14.7 Å². The highest BCUT2D eigenvalue weighted by molar-refractivity contribution is 5.92. The summed E-state index contributed by atoms with van der Waals surface area (Å²) >= 11 is 0. The molecule has 0 saturated carbocycles. The fraction of sp³-hybridized carbons (Fsp3) is 0.467. The van der Waals surface area contributed by atoms with Gasteiger partial charge in [0.1, 0.15) is 6.04 Å². The van der Waals surface area contributed by atoms with E-state index < -0.39 is 12.0 Å². The van der Waals surface area contributed by atoms with E-state index in [0.29, 0.717) is 6.42 Å². The summed E-state index contributed by atoms with van der Waals surface area (Å²) in [5.74, 6) is -1.17. The van der Waals surface area contributed by atoms with Crippen LogP contribution >= 0.6 is 12.4 Å². The second kappa shape index (κ2) is 9.37. The quantitative estimate of drug-likeness (QED) is 0.722. The fourth-order valence-corrected chi connectivity index (χ4v) is 1.84. The summed E-state index contributed by atoms with van der Waals surface area (Å²) < 4.78 is 0. The summed E-state index contributed by atoms with van der Waals surface area (Å²) in [5.41, 5.74) is 2.99. The van der Waals surface area contributed by atoms with Gasteiger partial charge in [0.25, 0.3) is 0 Å². The fourth-order valence-electron chi connectivity index (χ4n) is 1.84. The van der Waals surface area contributed by atoms with Crippen molar-refractivity contribution in [2.45, 2.75) is 39.7 Å². The average Bonchev–Trinajstić information content (AvgIpc) is 2.38. The van der Waals surface area contributed by atoms with Gasteiger partial charge in [-0.2, -0.15) is 0 Å². The number of carboxylic acids is 1. The SMILES string of the molecule is CCCC(NCC(=O)Nc1ccc(C)c(C)c1)C(=O)O.Cl. The minimum Gasteiger partial charge on any atom is -0.480 e. The lowest BCUT2D eigenvalue weighted by Gasteiger charge is -2.13. The molecule has 6 heteroatoms. The van der Waals surface area contributed by atoms with Crippen LogP contribution in [0.4, 0.5) is 5.69 Å². The Labute approximate surface area is 131 Å². The molecule has 1 amide bonds. The molecule has 1 aromatic rings. The normalized spacial score (nSPS) is 11.4. The van der Waals surface area contributed by atoms with E-state index in [-0.39, 0.29) is 24.9 Å². The predicted molar refractivity (Wildman–Crippen MR) is 86.1 cm³/mol. The Morgan fingerprint density at radius 2 is 1.90 bits per heavy atom. The lowest BCUT2D eigenvalue weighted by Crippen LogP contribution is -2.41. The molecular weight excluding hydrogens is 292 g/mol. The van der Waals surface area contributed by atoms with E-state index in [1.165, 1.54) is 0 Å². The third kappa shape index (κ3) is 6.60. The number of carboxylic acid groups (broad SMARTS) is 1. The van der Waals surface area contributed by atoms with Crippen molar-refractivity contribution in [1.29, 1.82) is 0 Å². The second-order valence-electron chi connectivity index (χ2n) is 4.91. The number of amides is 1. The monoisotopic (exact) mass is 314 g/mol. The highest BCUT2D eigenvalue weighted by Gasteiger charge is 2.16. The molecule has 0 bridgehead atoms. The van der Waals surface area contributed by atoms with Crippen molar-refractivity contribution in [3.8, 4) is 0 Å². The van der Waals surface area contributed by atoms with E-state index in [9.17, 15) is 9.59 Å². The molecular formula is C15H23ClN2O3. The lowest BCUT2D eigenvalue weighted by molar-refractivity contribution is -0.139. The van der Waals surface area contributed by atoms with Crippen LogP contribution in [0, 0.1) is 13.8 Å². The maximum absolute atomic E-state index is 11.8. The first kappa shape index (κ1) is 19.4. The molecule has 1 rings (SSSR count). The molecule has 1 atom stereocenters. The first-order chi connectivity index (χ1) is 9.43. The van der Waals surface area contributed by atoms with Crippen LogP contribution in [0.3, 0.4) is 0 Å². The van der Waals surface area contributed by atoms with E-state index in [1.807, 2.05) is 39.0 Å². The number of anilines is 1. The number of rotatable bonds is 7. The molecule has 0 saturated heterocycles. The van der Waals surface area contributed by atoms with Crippen molar-refractivity contribution in [3.05, 3.63) is 29.3 Å². The first-order valence-electron chi connectivity index (χ1n) is 6.77. The lowest BCUT2D eigenvalue weighted by atomic mass is 10.1. The molecule has 0 spiro atoms. The molecule has 5 nitrogen and oxygen atoms in total. The van der Waals surface area contributed by atoms with Gasteiger partial charge in [0.15, 0.2) is 0 Å². The molecule has 0 radical (unpaired) electrons. The standard InChI is InChI=1S/C15H22N2O3.ClH/c1-4-5-13(15(19)20)16-9-14(18)17-12-7-6-10(2)11(3)8-12;/h6-8,13,16H,4-5,9H2,1-3H3,(H,17,18)(H,19,20);1H. The molecule has 0 aliphatic rings. The number of carbonyl (C=O) groups excluding carboxylic acids is 1. The Kier molecular flexibility index (Phi) is 8.66. The van der Waals surface area contributed by atoms with Gasteiger partial charge in [0.05, 0.1) is 6.54 Å². The molecule has 0 aromatic heterocycles. The van der Waals surface area contributed by atoms with Gasteiger partial charge in [-0.05, 0) is 43.5 Å². The molecule has 0 heterocycles. The van der Waals surface area contributed by atoms with Crippen LogP contribution in [0.25, 0.3) is 0 Å².